The number of aromatic nitrogens is 2. The SMILES string of the molecule is Fc1cc2nc(-c3ccc(N4c5ccccc5Oc5ccccc54)cc3)c(-c3ccc(N4c5ccccc5Oc5ccccc54)cc3)nc2cc1F. The van der Waals surface area contributed by atoms with Crippen LogP contribution in [0.2, 0.25) is 0 Å². The molecule has 1 aromatic heterocycles. The normalized spacial score (nSPS) is 12.7. The molecule has 0 unspecified atom stereocenters. The van der Waals surface area contributed by atoms with Crippen molar-refractivity contribution in [1.82, 2.24) is 9.97 Å². The van der Waals surface area contributed by atoms with Crippen LogP contribution in [-0.4, -0.2) is 9.97 Å². The zero-order chi connectivity index (χ0) is 34.8. The van der Waals surface area contributed by atoms with Crippen molar-refractivity contribution in [3.05, 3.63) is 169 Å². The molecule has 0 atom stereocenters. The highest BCUT2D eigenvalue weighted by Gasteiger charge is 2.27. The van der Waals surface area contributed by atoms with Crippen LogP contribution < -0.4 is 19.3 Å². The van der Waals surface area contributed by atoms with Crippen LogP contribution in [0.1, 0.15) is 0 Å². The summed E-state index contributed by atoms with van der Waals surface area (Å²) in [6, 6.07) is 49.8. The summed E-state index contributed by atoms with van der Waals surface area (Å²) in [5.74, 6) is 1.08. The number of halogens is 2. The Kier molecular flexibility index (Phi) is 6.75. The van der Waals surface area contributed by atoms with Crippen molar-refractivity contribution in [3.63, 3.8) is 0 Å². The molecule has 0 aliphatic carbocycles. The summed E-state index contributed by atoms with van der Waals surface area (Å²) in [4.78, 5) is 14.1. The molecule has 52 heavy (non-hydrogen) atoms. The Labute approximate surface area is 297 Å². The smallest absolute Gasteiger partial charge is 0.161 e. The maximum Gasteiger partial charge on any atom is 0.161 e. The van der Waals surface area contributed by atoms with E-state index in [1.807, 2.05) is 146 Å². The second-order valence-electron chi connectivity index (χ2n) is 12.5. The first-order chi connectivity index (χ1) is 25.6. The lowest BCUT2D eigenvalue weighted by Gasteiger charge is -2.32. The van der Waals surface area contributed by atoms with Gasteiger partial charge in [-0.2, -0.15) is 0 Å². The summed E-state index contributed by atoms with van der Waals surface area (Å²) < 4.78 is 41.3. The third-order valence-corrected chi connectivity index (χ3v) is 9.37. The fraction of sp³-hybridized carbons (Fsp3) is 0. The minimum Gasteiger partial charge on any atom is -0.453 e. The van der Waals surface area contributed by atoms with Gasteiger partial charge in [-0.1, -0.05) is 72.8 Å². The molecule has 0 saturated heterocycles. The fourth-order valence-corrected chi connectivity index (χ4v) is 6.96. The lowest BCUT2D eigenvalue weighted by atomic mass is 10.0. The first-order valence-electron chi connectivity index (χ1n) is 16.8. The monoisotopic (exact) mass is 680 g/mol. The van der Waals surface area contributed by atoms with E-state index in [0.29, 0.717) is 11.4 Å². The van der Waals surface area contributed by atoms with Crippen molar-refractivity contribution in [2.45, 2.75) is 0 Å². The van der Waals surface area contributed by atoms with Crippen LogP contribution >= 0.6 is 0 Å². The summed E-state index contributed by atoms with van der Waals surface area (Å²) in [7, 11) is 0. The van der Waals surface area contributed by atoms with Gasteiger partial charge in [0, 0.05) is 34.6 Å². The van der Waals surface area contributed by atoms with Gasteiger partial charge in [-0.25, -0.2) is 18.7 Å². The number of nitrogens with zero attached hydrogens (tertiary/aromatic N) is 4. The van der Waals surface area contributed by atoms with Crippen LogP contribution in [0.15, 0.2) is 158 Å². The van der Waals surface area contributed by atoms with E-state index in [-0.39, 0.29) is 11.0 Å². The molecule has 0 N–H and O–H groups in total. The highest BCUT2D eigenvalue weighted by atomic mass is 19.2. The quantitative estimate of drug-likeness (QED) is 0.184. The molecular weight excluding hydrogens is 655 g/mol. The van der Waals surface area contributed by atoms with Crippen molar-refractivity contribution < 1.29 is 18.3 Å². The van der Waals surface area contributed by atoms with Gasteiger partial charge in [-0.15, -0.1) is 0 Å². The number of ether oxygens (including phenoxy) is 2. The van der Waals surface area contributed by atoms with Crippen LogP contribution in [0.4, 0.5) is 42.9 Å². The first kappa shape index (κ1) is 29.8. The number of hydrogen-bond donors (Lipinski definition) is 0. The van der Waals surface area contributed by atoms with Crippen molar-refractivity contribution in [3.8, 4) is 45.5 Å². The second-order valence-corrected chi connectivity index (χ2v) is 12.5. The van der Waals surface area contributed by atoms with Crippen LogP contribution in [0.3, 0.4) is 0 Å². The third kappa shape index (κ3) is 4.84. The molecule has 248 valence electrons. The van der Waals surface area contributed by atoms with Gasteiger partial charge in [0.2, 0.25) is 0 Å². The molecule has 0 fully saturated rings. The molecule has 0 saturated carbocycles. The largest absolute Gasteiger partial charge is 0.453 e. The predicted octanol–water partition coefficient (Wildman–Crippen LogP) is 12.4. The Bertz CT molecular complexity index is 2410. The lowest BCUT2D eigenvalue weighted by Crippen LogP contribution is -2.15. The van der Waals surface area contributed by atoms with Crippen molar-refractivity contribution in [1.29, 1.82) is 0 Å². The number of benzene rings is 7. The van der Waals surface area contributed by atoms with E-state index in [4.69, 9.17) is 19.4 Å². The Hall–Kier alpha value is -7.06. The number of hydrogen-bond acceptors (Lipinski definition) is 6. The molecular formula is C44H26F2N4O2. The molecule has 10 rings (SSSR count). The summed E-state index contributed by atoms with van der Waals surface area (Å²) in [6.07, 6.45) is 0. The average molecular weight is 681 g/mol. The Morgan fingerprint density at radius 3 is 1.02 bits per heavy atom. The molecule has 2 aliphatic heterocycles. The predicted molar refractivity (Wildman–Crippen MR) is 200 cm³/mol. The van der Waals surface area contributed by atoms with Gasteiger partial charge >= 0.3 is 0 Å². The molecule has 0 spiro atoms. The molecule has 7 aromatic carbocycles. The van der Waals surface area contributed by atoms with Gasteiger partial charge < -0.3 is 19.3 Å². The van der Waals surface area contributed by atoms with E-state index in [1.54, 1.807) is 0 Å². The topological polar surface area (TPSA) is 50.7 Å². The van der Waals surface area contributed by atoms with Gasteiger partial charge in [0.15, 0.2) is 34.6 Å². The summed E-state index contributed by atoms with van der Waals surface area (Å²) in [5.41, 5.74) is 8.67. The second kappa shape index (κ2) is 11.8. The van der Waals surface area contributed by atoms with E-state index in [9.17, 15) is 8.78 Å². The summed E-state index contributed by atoms with van der Waals surface area (Å²) in [6.45, 7) is 0. The molecule has 0 bridgehead atoms. The van der Waals surface area contributed by atoms with E-state index < -0.39 is 11.6 Å². The molecule has 3 heterocycles. The van der Waals surface area contributed by atoms with Crippen molar-refractivity contribution in [2.24, 2.45) is 0 Å². The zero-order valence-electron chi connectivity index (χ0n) is 27.4. The highest BCUT2D eigenvalue weighted by molar-refractivity contribution is 5.91. The fourth-order valence-electron chi connectivity index (χ4n) is 6.96. The maximum atomic E-state index is 14.5. The third-order valence-electron chi connectivity index (χ3n) is 9.37. The molecule has 8 aromatic rings. The lowest BCUT2D eigenvalue weighted by molar-refractivity contribution is 0.477. The van der Waals surface area contributed by atoms with E-state index in [1.165, 1.54) is 0 Å². The number of rotatable bonds is 4. The molecule has 0 radical (unpaired) electrons. The van der Waals surface area contributed by atoms with Crippen LogP contribution in [-0.2, 0) is 0 Å². The van der Waals surface area contributed by atoms with E-state index >= 15 is 0 Å². The Balaban J connectivity index is 1.08. The standard InChI is InChI=1S/C44H26F2N4O2/c45-31-25-33-34(26-32(31)46)48-44(28-19-23-30(24-20-28)50-37-11-3-7-15-41(37)52-42-16-8-4-12-38(42)50)43(47-33)27-17-21-29(22-18-27)49-35-9-1-5-13-39(35)51-40-14-6-2-10-36(40)49/h1-26H. The van der Waals surface area contributed by atoms with Gasteiger partial charge in [0.05, 0.1) is 45.2 Å². The van der Waals surface area contributed by atoms with Gasteiger partial charge in [0.1, 0.15) is 0 Å². The molecule has 2 aliphatic rings. The number of para-hydroxylation sites is 8. The number of anilines is 6. The Morgan fingerprint density at radius 2 is 0.692 bits per heavy atom. The molecule has 8 heteroatoms. The average Bonchev–Trinajstić information content (AvgIpc) is 3.19. The first-order valence-corrected chi connectivity index (χ1v) is 16.8. The van der Waals surface area contributed by atoms with Crippen LogP contribution in [0.25, 0.3) is 33.5 Å². The van der Waals surface area contributed by atoms with Gasteiger partial charge in [-0.3, -0.25) is 0 Å². The van der Waals surface area contributed by atoms with Crippen LogP contribution in [0.5, 0.6) is 23.0 Å². The zero-order valence-corrected chi connectivity index (χ0v) is 27.4. The van der Waals surface area contributed by atoms with Crippen LogP contribution in [0, 0.1) is 11.6 Å². The Morgan fingerprint density at radius 1 is 0.385 bits per heavy atom. The summed E-state index contributed by atoms with van der Waals surface area (Å²) >= 11 is 0. The summed E-state index contributed by atoms with van der Waals surface area (Å²) in [5, 5.41) is 0. The minimum absolute atomic E-state index is 0.260. The minimum atomic E-state index is -0.976. The van der Waals surface area contributed by atoms with Gasteiger partial charge in [-0.05, 0) is 72.8 Å². The van der Waals surface area contributed by atoms with Gasteiger partial charge in [0.25, 0.3) is 0 Å². The molecule has 0 amide bonds. The van der Waals surface area contributed by atoms with E-state index in [0.717, 1.165) is 80.4 Å². The highest BCUT2D eigenvalue weighted by Crippen LogP contribution is 2.52. The molecule has 6 nitrogen and oxygen atoms in total. The maximum absolute atomic E-state index is 14.5. The van der Waals surface area contributed by atoms with Crippen molar-refractivity contribution >= 4 is 45.2 Å². The van der Waals surface area contributed by atoms with E-state index in [2.05, 4.69) is 9.80 Å². The van der Waals surface area contributed by atoms with Crippen molar-refractivity contribution in [2.75, 3.05) is 9.80 Å². The number of fused-ring (bicyclic) bond motifs is 5.